The lowest BCUT2D eigenvalue weighted by atomic mass is 9.92. The second-order valence-corrected chi connectivity index (χ2v) is 21.4. The van der Waals surface area contributed by atoms with Crippen molar-refractivity contribution >= 4 is 51.6 Å². The molecule has 73 heavy (non-hydrogen) atoms. The highest BCUT2D eigenvalue weighted by molar-refractivity contribution is 6.15. The number of aromatic nitrogens is 3. The molecule has 2 aromatic carbocycles. The van der Waals surface area contributed by atoms with E-state index in [9.17, 15) is 24.0 Å². The monoisotopic (exact) mass is 995 g/mol. The van der Waals surface area contributed by atoms with E-state index in [4.69, 9.17) is 0 Å². The summed E-state index contributed by atoms with van der Waals surface area (Å²) in [6.45, 7) is 12.5. The van der Waals surface area contributed by atoms with Crippen molar-refractivity contribution in [2.45, 2.75) is 95.8 Å². The Morgan fingerprint density at radius 3 is 2.41 bits per heavy atom. The van der Waals surface area contributed by atoms with Crippen LogP contribution in [0.5, 0.6) is 0 Å². The van der Waals surface area contributed by atoms with Crippen LogP contribution in [0.3, 0.4) is 0 Å². The SMILES string of the molecule is CNc1ccn(-c2ccnc3c2cc([C@H](C)N2CC=C(c4c(C)cc(C(=O)N5CCC(CN6CCN(Cc7cc8c(cc7F)N(C7CCC(=O)NC7=O)C(=O)C87CC7)C[C@@H]6C)CC5)cc4F)CC2)n3C)c(=O)c1. The molecule has 0 bridgehead atoms. The third-order valence-corrected chi connectivity index (χ3v) is 17.0. The normalized spacial score (nSPS) is 22.2. The summed E-state index contributed by atoms with van der Waals surface area (Å²) in [4.78, 5) is 80.4. The maximum absolute atomic E-state index is 16.2. The van der Waals surface area contributed by atoms with E-state index in [2.05, 4.69) is 60.9 Å². The number of aryl methyl sites for hydroxylation is 2. The number of hydrogen-bond donors (Lipinski definition) is 2. The maximum Gasteiger partial charge on any atom is 0.257 e. The molecule has 4 amide bonds. The molecule has 4 fully saturated rings. The molecule has 1 saturated carbocycles. The number of likely N-dealkylation sites (tertiary alicyclic amines) is 1. The number of halogens is 2. The average molecular weight is 995 g/mol. The van der Waals surface area contributed by atoms with Gasteiger partial charge < -0.3 is 14.8 Å². The number of carbonyl (C=O) groups is 4. The quantitative estimate of drug-likeness (QED) is 0.142. The smallest absolute Gasteiger partial charge is 0.257 e. The van der Waals surface area contributed by atoms with E-state index in [-0.39, 0.29) is 54.0 Å². The van der Waals surface area contributed by atoms with Crippen molar-refractivity contribution in [3.05, 3.63) is 123 Å². The van der Waals surface area contributed by atoms with Gasteiger partial charge in [-0.2, -0.15) is 0 Å². The summed E-state index contributed by atoms with van der Waals surface area (Å²) in [5, 5.41) is 6.25. The highest BCUT2D eigenvalue weighted by Gasteiger charge is 2.61. The van der Waals surface area contributed by atoms with E-state index in [0.717, 1.165) is 90.4 Å². The fraction of sp³-hybridized carbons (Fsp3) is 0.464. The molecule has 3 aromatic heterocycles. The first kappa shape index (κ1) is 48.7. The van der Waals surface area contributed by atoms with Crippen LogP contribution in [0.4, 0.5) is 20.2 Å². The zero-order chi connectivity index (χ0) is 51.0. The van der Waals surface area contributed by atoms with Gasteiger partial charge in [-0.05, 0) is 124 Å². The van der Waals surface area contributed by atoms with Gasteiger partial charge in [-0.15, -0.1) is 0 Å². The number of hydrogen-bond acceptors (Lipinski definition) is 10. The summed E-state index contributed by atoms with van der Waals surface area (Å²) in [7, 11) is 3.78. The van der Waals surface area contributed by atoms with Gasteiger partial charge in [0.05, 0.1) is 16.8 Å². The first-order valence-corrected chi connectivity index (χ1v) is 26.0. The highest BCUT2D eigenvalue weighted by Crippen LogP contribution is 2.58. The summed E-state index contributed by atoms with van der Waals surface area (Å²) in [6, 6.07) is 13.4. The summed E-state index contributed by atoms with van der Waals surface area (Å²) in [5.41, 5.74) is 6.97. The van der Waals surface area contributed by atoms with Crippen molar-refractivity contribution in [3.63, 3.8) is 0 Å². The standard InChI is InChI=1S/C56H64F2N10O5/c1-33-24-38(26-44(58)51(33)37-11-19-64(20-12-37)35(3)47-28-41-45(8-16-60-52(41)62(47)5)67-21-13-40(59-4)27-50(67)70)54(72)65-17-9-36(10-18-65)31-66-23-22-63(30-34(66)2)32-39-25-42-48(29-43(39)57)68(55(73)56(42)14-15-56)46-6-7-49(69)61-53(46)71/h8,11,13,16,21,24-29,34-36,46,59H,6-7,9-10,12,14-15,17-20,22-23,30-32H2,1-5H3,(H,61,69,71)/t34-,35-,46?/m0/s1. The number of pyridine rings is 2. The summed E-state index contributed by atoms with van der Waals surface area (Å²) in [6.07, 6.45) is 9.68. The van der Waals surface area contributed by atoms with Gasteiger partial charge >= 0.3 is 0 Å². The Labute approximate surface area is 423 Å². The summed E-state index contributed by atoms with van der Waals surface area (Å²) in [5.74, 6) is -1.53. The van der Waals surface area contributed by atoms with Crippen LogP contribution in [0, 0.1) is 24.5 Å². The van der Waals surface area contributed by atoms with Gasteiger partial charge in [0.1, 0.15) is 23.3 Å². The lowest BCUT2D eigenvalue weighted by molar-refractivity contribution is -0.135. The van der Waals surface area contributed by atoms with Crippen molar-refractivity contribution in [2.75, 3.05) is 69.6 Å². The van der Waals surface area contributed by atoms with Gasteiger partial charge in [-0.1, -0.05) is 6.08 Å². The number of fused-ring (bicyclic) bond motifs is 3. The molecule has 1 aliphatic carbocycles. The van der Waals surface area contributed by atoms with Gasteiger partial charge in [0.25, 0.3) is 11.5 Å². The molecular formula is C56H64F2N10O5. The van der Waals surface area contributed by atoms with E-state index >= 15 is 8.78 Å². The predicted octanol–water partition coefficient (Wildman–Crippen LogP) is 6.44. The second kappa shape index (κ2) is 19.0. The van der Waals surface area contributed by atoms with Crippen LogP contribution in [-0.4, -0.2) is 129 Å². The van der Waals surface area contributed by atoms with Crippen molar-refractivity contribution in [2.24, 2.45) is 13.0 Å². The topological polar surface area (TPSA) is 148 Å². The van der Waals surface area contributed by atoms with Crippen LogP contribution in [0.1, 0.15) is 103 Å². The van der Waals surface area contributed by atoms with Crippen LogP contribution >= 0.6 is 0 Å². The Morgan fingerprint density at radius 2 is 1.73 bits per heavy atom. The Kier molecular flexibility index (Phi) is 12.7. The van der Waals surface area contributed by atoms with Crippen LogP contribution in [0.25, 0.3) is 22.3 Å². The van der Waals surface area contributed by atoms with E-state index in [1.54, 1.807) is 30.1 Å². The third-order valence-electron chi connectivity index (χ3n) is 17.0. The van der Waals surface area contributed by atoms with Gasteiger partial charge in [0, 0.05) is 143 Å². The Bertz CT molecular complexity index is 3150. The van der Waals surface area contributed by atoms with Crippen LogP contribution in [0.2, 0.25) is 0 Å². The Hall–Kier alpha value is -6.56. The Morgan fingerprint density at radius 1 is 0.932 bits per heavy atom. The first-order valence-electron chi connectivity index (χ1n) is 26.0. The maximum atomic E-state index is 16.2. The van der Waals surface area contributed by atoms with Crippen molar-refractivity contribution < 1.29 is 28.0 Å². The molecule has 6 aliphatic rings. The third kappa shape index (κ3) is 8.76. The molecule has 3 atom stereocenters. The van der Waals surface area contributed by atoms with Gasteiger partial charge in [-0.3, -0.25) is 53.5 Å². The zero-order valence-electron chi connectivity index (χ0n) is 42.3. The zero-order valence-corrected chi connectivity index (χ0v) is 42.3. The number of amides is 4. The fourth-order valence-electron chi connectivity index (χ4n) is 12.6. The number of imide groups is 1. The van der Waals surface area contributed by atoms with Crippen molar-refractivity contribution in [1.82, 2.24) is 39.0 Å². The molecule has 1 spiro atoms. The van der Waals surface area contributed by atoms with E-state index in [1.807, 2.05) is 43.1 Å². The molecule has 0 radical (unpaired) electrons. The van der Waals surface area contributed by atoms with E-state index in [0.29, 0.717) is 73.7 Å². The minimum absolute atomic E-state index is 0.0199. The lowest BCUT2D eigenvalue weighted by Gasteiger charge is -2.42. The number of nitrogens with one attached hydrogen (secondary N) is 2. The largest absolute Gasteiger partial charge is 0.388 e. The number of benzene rings is 2. The van der Waals surface area contributed by atoms with Gasteiger partial charge in [0.2, 0.25) is 17.7 Å². The molecule has 17 heteroatoms. The molecule has 2 N–H and O–H groups in total. The van der Waals surface area contributed by atoms with Gasteiger partial charge in [0.15, 0.2) is 0 Å². The molecule has 1 unspecified atom stereocenters. The lowest BCUT2D eigenvalue weighted by Crippen LogP contribution is -2.54. The van der Waals surface area contributed by atoms with Crippen LogP contribution < -0.4 is 21.1 Å². The van der Waals surface area contributed by atoms with Crippen molar-refractivity contribution in [3.8, 4) is 5.69 Å². The Balaban J connectivity index is 0.677. The number of anilines is 2. The number of carbonyl (C=O) groups excluding carboxylic acids is 4. The molecule has 5 aliphatic heterocycles. The van der Waals surface area contributed by atoms with Crippen LogP contribution in [-0.2, 0) is 33.4 Å². The van der Waals surface area contributed by atoms with E-state index in [1.165, 1.54) is 17.0 Å². The van der Waals surface area contributed by atoms with Crippen LogP contribution in [0.15, 0.2) is 71.8 Å². The number of nitrogens with zero attached hydrogens (tertiary/aromatic N) is 8. The second-order valence-electron chi connectivity index (χ2n) is 21.4. The van der Waals surface area contributed by atoms with Gasteiger partial charge in [-0.25, -0.2) is 13.8 Å². The highest BCUT2D eigenvalue weighted by atomic mass is 19.1. The molecule has 3 saturated heterocycles. The fourth-order valence-corrected chi connectivity index (χ4v) is 12.6. The average Bonchev–Trinajstić information content (AvgIpc) is 4.09. The minimum atomic E-state index is -0.819. The van der Waals surface area contributed by atoms with Crippen molar-refractivity contribution in [1.29, 1.82) is 0 Å². The number of piperidine rings is 2. The molecule has 11 rings (SSSR count). The number of piperazine rings is 1. The molecule has 8 heterocycles. The molecule has 5 aromatic rings. The minimum Gasteiger partial charge on any atom is -0.388 e. The first-order chi connectivity index (χ1) is 35.1. The molecule has 15 nitrogen and oxygen atoms in total. The number of rotatable bonds is 11. The summed E-state index contributed by atoms with van der Waals surface area (Å²) < 4.78 is 35.8. The molecule has 382 valence electrons. The summed E-state index contributed by atoms with van der Waals surface area (Å²) >= 11 is 0. The van der Waals surface area contributed by atoms with E-state index < -0.39 is 23.2 Å². The molecular weight excluding hydrogens is 931 g/mol. The predicted molar refractivity (Wildman–Crippen MR) is 275 cm³/mol.